The van der Waals surface area contributed by atoms with E-state index in [2.05, 4.69) is 24.9 Å². The zero-order valence-electron chi connectivity index (χ0n) is 12.7. The number of hydrogen-bond acceptors (Lipinski definition) is 6. The van der Waals surface area contributed by atoms with E-state index in [1.807, 2.05) is 24.3 Å². The monoisotopic (exact) mass is 333 g/mol. The average molecular weight is 333 g/mol. The molecule has 122 valence electrons. The summed E-state index contributed by atoms with van der Waals surface area (Å²) in [6, 6.07) is 7.34. The second kappa shape index (κ2) is 5.64. The van der Waals surface area contributed by atoms with Crippen molar-refractivity contribution in [3.05, 3.63) is 65.2 Å². The SMILES string of the molecule is NC(=O)c1[nH]c(=O)ncc1-n1c(-c2cnccn2)nc2ccccc21. The van der Waals surface area contributed by atoms with Gasteiger partial charge in [0.05, 0.1) is 29.1 Å². The van der Waals surface area contributed by atoms with Crippen LogP contribution in [0.25, 0.3) is 28.2 Å². The highest BCUT2D eigenvalue weighted by Gasteiger charge is 2.20. The highest BCUT2D eigenvalue weighted by atomic mass is 16.2. The Morgan fingerprint density at radius 2 is 1.96 bits per heavy atom. The predicted octanol–water partition coefficient (Wildman–Crippen LogP) is 0.665. The fraction of sp³-hybridized carbons (Fsp3) is 0. The second-order valence-electron chi connectivity index (χ2n) is 5.16. The number of nitrogens with two attached hydrogens (primary N) is 1. The van der Waals surface area contributed by atoms with Crippen LogP contribution in [0.1, 0.15) is 10.5 Å². The zero-order chi connectivity index (χ0) is 17.4. The fourth-order valence-corrected chi connectivity index (χ4v) is 2.60. The van der Waals surface area contributed by atoms with E-state index in [0.717, 1.165) is 0 Å². The summed E-state index contributed by atoms with van der Waals surface area (Å²) < 4.78 is 1.67. The Bertz CT molecular complexity index is 1150. The van der Waals surface area contributed by atoms with E-state index in [0.29, 0.717) is 28.2 Å². The molecule has 0 aliphatic heterocycles. The van der Waals surface area contributed by atoms with Gasteiger partial charge in [-0.1, -0.05) is 12.1 Å². The van der Waals surface area contributed by atoms with Gasteiger partial charge in [0.2, 0.25) is 0 Å². The molecule has 0 bridgehead atoms. The molecular formula is C16H11N7O2. The van der Waals surface area contributed by atoms with Crippen LogP contribution in [0.15, 0.2) is 53.8 Å². The quantitative estimate of drug-likeness (QED) is 0.566. The molecule has 0 atom stereocenters. The van der Waals surface area contributed by atoms with E-state index in [-0.39, 0.29) is 5.69 Å². The first-order valence-electron chi connectivity index (χ1n) is 7.28. The Labute approximate surface area is 140 Å². The lowest BCUT2D eigenvalue weighted by Crippen LogP contribution is -2.23. The number of rotatable bonds is 3. The smallest absolute Gasteiger partial charge is 0.345 e. The summed E-state index contributed by atoms with van der Waals surface area (Å²) in [6.45, 7) is 0. The van der Waals surface area contributed by atoms with Crippen LogP contribution in [0.5, 0.6) is 0 Å². The number of nitrogens with one attached hydrogen (secondary N) is 1. The summed E-state index contributed by atoms with van der Waals surface area (Å²) in [7, 11) is 0. The molecule has 0 saturated heterocycles. The van der Waals surface area contributed by atoms with E-state index in [4.69, 9.17) is 5.73 Å². The zero-order valence-corrected chi connectivity index (χ0v) is 12.7. The number of primary amides is 1. The minimum atomic E-state index is -0.780. The Morgan fingerprint density at radius 3 is 2.72 bits per heavy atom. The van der Waals surface area contributed by atoms with E-state index in [9.17, 15) is 9.59 Å². The molecule has 0 spiro atoms. The summed E-state index contributed by atoms with van der Waals surface area (Å²) in [5.41, 5.74) is 6.90. The van der Waals surface area contributed by atoms with Gasteiger partial charge < -0.3 is 5.73 Å². The Hall–Kier alpha value is -3.88. The third kappa shape index (κ3) is 2.43. The fourth-order valence-electron chi connectivity index (χ4n) is 2.60. The van der Waals surface area contributed by atoms with Gasteiger partial charge >= 0.3 is 5.69 Å². The van der Waals surface area contributed by atoms with Crippen molar-refractivity contribution in [2.24, 2.45) is 5.73 Å². The average Bonchev–Trinajstić information content (AvgIpc) is 3.02. The molecule has 0 aliphatic rings. The molecule has 3 aromatic heterocycles. The van der Waals surface area contributed by atoms with Gasteiger partial charge in [0.15, 0.2) is 5.82 Å². The molecule has 0 saturated carbocycles. The van der Waals surface area contributed by atoms with Crippen molar-refractivity contribution in [3.63, 3.8) is 0 Å². The van der Waals surface area contributed by atoms with E-state index in [1.54, 1.807) is 23.2 Å². The van der Waals surface area contributed by atoms with Crippen molar-refractivity contribution >= 4 is 16.9 Å². The van der Waals surface area contributed by atoms with Gasteiger partial charge in [-0.15, -0.1) is 0 Å². The van der Waals surface area contributed by atoms with Crippen molar-refractivity contribution in [1.29, 1.82) is 0 Å². The lowest BCUT2D eigenvalue weighted by Gasteiger charge is -2.11. The Balaban J connectivity index is 2.12. The molecule has 25 heavy (non-hydrogen) atoms. The number of H-pyrrole nitrogens is 1. The maximum Gasteiger partial charge on any atom is 0.345 e. The molecular weight excluding hydrogens is 322 g/mol. The number of benzene rings is 1. The highest BCUT2D eigenvalue weighted by molar-refractivity contribution is 5.95. The Kier molecular flexibility index (Phi) is 3.31. The van der Waals surface area contributed by atoms with Crippen molar-refractivity contribution in [2.75, 3.05) is 0 Å². The van der Waals surface area contributed by atoms with Crippen molar-refractivity contribution in [1.82, 2.24) is 29.5 Å². The number of carbonyl (C=O) groups is 1. The van der Waals surface area contributed by atoms with E-state index in [1.165, 1.54) is 6.20 Å². The summed E-state index contributed by atoms with van der Waals surface area (Å²) in [5, 5.41) is 0. The molecule has 3 heterocycles. The molecule has 9 heteroatoms. The standard InChI is InChI=1S/C16H11N7O2/c17-14(24)13-12(8-20-16(25)22-13)23-11-4-2-1-3-9(11)21-15(23)10-7-18-5-6-19-10/h1-8H,(H2,17,24)(H,20,22,25). The summed E-state index contributed by atoms with van der Waals surface area (Å²) >= 11 is 0. The van der Waals surface area contributed by atoms with Crippen LogP contribution < -0.4 is 11.4 Å². The van der Waals surface area contributed by atoms with Crippen LogP contribution in [-0.2, 0) is 0 Å². The maximum atomic E-state index is 11.8. The predicted molar refractivity (Wildman–Crippen MR) is 89.0 cm³/mol. The molecule has 1 amide bonds. The first-order chi connectivity index (χ1) is 12.1. The largest absolute Gasteiger partial charge is 0.364 e. The number of hydrogen-bond donors (Lipinski definition) is 2. The molecule has 1 aromatic carbocycles. The van der Waals surface area contributed by atoms with Crippen LogP contribution in [-0.4, -0.2) is 35.4 Å². The number of nitrogens with zero attached hydrogens (tertiary/aromatic N) is 5. The van der Waals surface area contributed by atoms with Gasteiger partial charge in [-0.3, -0.25) is 19.3 Å². The van der Waals surface area contributed by atoms with Gasteiger partial charge in [-0.2, -0.15) is 4.98 Å². The van der Waals surface area contributed by atoms with Gasteiger partial charge in [-0.25, -0.2) is 14.8 Å². The number of amides is 1. The number of carbonyl (C=O) groups excluding carboxylic acids is 1. The van der Waals surface area contributed by atoms with Gasteiger partial charge in [0, 0.05) is 12.4 Å². The van der Waals surface area contributed by atoms with Gasteiger partial charge in [0.1, 0.15) is 11.4 Å². The van der Waals surface area contributed by atoms with Crippen LogP contribution in [0.4, 0.5) is 0 Å². The first kappa shape index (κ1) is 14.7. The molecule has 0 unspecified atom stereocenters. The van der Waals surface area contributed by atoms with Crippen LogP contribution in [0.2, 0.25) is 0 Å². The second-order valence-corrected chi connectivity index (χ2v) is 5.16. The van der Waals surface area contributed by atoms with E-state index < -0.39 is 11.6 Å². The van der Waals surface area contributed by atoms with Crippen molar-refractivity contribution < 1.29 is 4.79 Å². The highest BCUT2D eigenvalue weighted by Crippen LogP contribution is 2.27. The minimum Gasteiger partial charge on any atom is -0.364 e. The lowest BCUT2D eigenvalue weighted by molar-refractivity contribution is 0.0995. The maximum absolute atomic E-state index is 11.8. The lowest BCUT2D eigenvalue weighted by atomic mass is 10.2. The molecule has 0 radical (unpaired) electrons. The number of aromatic nitrogens is 6. The Morgan fingerprint density at radius 1 is 1.12 bits per heavy atom. The van der Waals surface area contributed by atoms with Gasteiger partial charge in [-0.05, 0) is 12.1 Å². The van der Waals surface area contributed by atoms with Crippen molar-refractivity contribution in [2.45, 2.75) is 0 Å². The van der Waals surface area contributed by atoms with E-state index >= 15 is 0 Å². The van der Waals surface area contributed by atoms with Crippen LogP contribution in [0, 0.1) is 0 Å². The molecule has 0 aliphatic carbocycles. The summed E-state index contributed by atoms with van der Waals surface area (Å²) in [5.74, 6) is -0.331. The minimum absolute atomic E-state index is 0.0618. The van der Waals surface area contributed by atoms with Gasteiger partial charge in [0.25, 0.3) is 5.91 Å². The number of fused-ring (bicyclic) bond motifs is 1. The third-order valence-electron chi connectivity index (χ3n) is 3.63. The molecule has 3 N–H and O–H groups in total. The number of para-hydroxylation sites is 2. The van der Waals surface area contributed by atoms with Crippen molar-refractivity contribution in [3.8, 4) is 17.2 Å². The van der Waals surface area contributed by atoms with Crippen LogP contribution >= 0.6 is 0 Å². The topological polar surface area (TPSA) is 132 Å². The molecule has 4 aromatic rings. The summed E-state index contributed by atoms with van der Waals surface area (Å²) in [4.78, 5) is 42.3. The number of imidazole rings is 1. The molecule has 9 nitrogen and oxygen atoms in total. The number of aromatic amines is 1. The third-order valence-corrected chi connectivity index (χ3v) is 3.63. The normalized spacial score (nSPS) is 10.9. The van der Waals surface area contributed by atoms with Crippen LogP contribution in [0.3, 0.4) is 0 Å². The molecule has 4 rings (SSSR count). The molecule has 0 fully saturated rings. The summed E-state index contributed by atoms with van der Waals surface area (Å²) in [6.07, 6.45) is 5.93. The first-order valence-corrected chi connectivity index (χ1v) is 7.28.